The molecule has 1 aliphatic rings. The highest BCUT2D eigenvalue weighted by atomic mass is 35.5. The van der Waals surface area contributed by atoms with Crippen molar-refractivity contribution < 1.29 is 28.1 Å². The van der Waals surface area contributed by atoms with E-state index in [2.05, 4.69) is 20.4 Å². The van der Waals surface area contributed by atoms with Crippen LogP contribution in [0.2, 0.25) is 15.1 Å². The second-order valence-corrected chi connectivity index (χ2v) is 9.82. The summed E-state index contributed by atoms with van der Waals surface area (Å²) >= 11 is 17.8. The third-order valence-electron chi connectivity index (χ3n) is 6.12. The van der Waals surface area contributed by atoms with Crippen molar-refractivity contribution in [2.75, 3.05) is 6.61 Å². The number of rotatable bonds is 5. The number of hydrogen-bond donors (Lipinski definition) is 2. The second-order valence-electron chi connectivity index (χ2n) is 8.62. The first kappa shape index (κ1) is 26.9. The molecule has 4 unspecified atom stereocenters. The molecule has 1 fully saturated rings. The van der Waals surface area contributed by atoms with Crippen LogP contribution in [0, 0.1) is 24.4 Å². The van der Waals surface area contributed by atoms with Gasteiger partial charge in [-0.25, -0.2) is 27.5 Å². The zero-order valence-corrected chi connectivity index (χ0v) is 21.6. The summed E-state index contributed by atoms with van der Waals surface area (Å²) in [5.74, 6) is -2.03. The largest absolute Gasteiger partial charge is 0.394 e. The van der Waals surface area contributed by atoms with Crippen molar-refractivity contribution in [3.63, 3.8) is 0 Å². The molecule has 38 heavy (non-hydrogen) atoms. The van der Waals surface area contributed by atoms with Crippen LogP contribution in [0.4, 0.5) is 13.2 Å². The van der Waals surface area contributed by atoms with E-state index in [0.29, 0.717) is 5.82 Å². The molecule has 3 heterocycles. The Morgan fingerprint density at radius 3 is 2.45 bits per heavy atom. The van der Waals surface area contributed by atoms with Crippen LogP contribution < -0.4 is 0 Å². The molecular formula is C23H18Cl3F3N6O3. The predicted octanol–water partition coefficient (Wildman–Crippen LogP) is 4.64. The lowest BCUT2D eigenvalue weighted by Gasteiger charge is -2.38. The van der Waals surface area contributed by atoms with Gasteiger partial charge in [-0.2, -0.15) is 5.10 Å². The van der Waals surface area contributed by atoms with E-state index in [-0.39, 0.29) is 39.2 Å². The van der Waals surface area contributed by atoms with Gasteiger partial charge in [-0.15, -0.1) is 5.10 Å². The maximum atomic E-state index is 14.0. The average molecular weight is 590 g/mol. The Morgan fingerprint density at radius 2 is 1.76 bits per heavy atom. The Balaban J connectivity index is 1.51. The Labute approximate surface area is 228 Å². The van der Waals surface area contributed by atoms with Crippen molar-refractivity contribution in [2.24, 2.45) is 0 Å². The summed E-state index contributed by atoms with van der Waals surface area (Å²) in [6, 6.07) is 3.57. The van der Waals surface area contributed by atoms with Crippen LogP contribution in [0.25, 0.3) is 16.9 Å². The van der Waals surface area contributed by atoms with Crippen LogP contribution >= 0.6 is 34.8 Å². The standard InChI is InChI=1S/C23H18Cl3F3N6O3/c1-9-30-23(35(32-9)17-5-11(24)13(27)4-12(17)25)19-6-18(22(37)20(8-36)38-19)34-7-16(31-33-34)10-2-14(28)21(26)15(29)3-10/h2-5,7,18-20,22,36-37H,6,8H2,1H3. The molecule has 0 spiro atoms. The highest BCUT2D eigenvalue weighted by molar-refractivity contribution is 6.34. The van der Waals surface area contributed by atoms with Crippen molar-refractivity contribution >= 4 is 34.8 Å². The summed E-state index contributed by atoms with van der Waals surface area (Å²) in [7, 11) is 0. The number of hydrogen-bond acceptors (Lipinski definition) is 7. The highest BCUT2D eigenvalue weighted by Gasteiger charge is 2.42. The minimum Gasteiger partial charge on any atom is -0.394 e. The molecule has 5 rings (SSSR count). The number of halogens is 6. The van der Waals surface area contributed by atoms with Crippen molar-refractivity contribution in [3.05, 3.63) is 74.6 Å². The van der Waals surface area contributed by atoms with Crippen LogP contribution in [-0.2, 0) is 4.74 Å². The molecule has 1 saturated heterocycles. The summed E-state index contributed by atoms with van der Waals surface area (Å²) < 4.78 is 50.5. The highest BCUT2D eigenvalue weighted by Crippen LogP contribution is 2.39. The lowest BCUT2D eigenvalue weighted by molar-refractivity contribution is -0.161. The number of benzene rings is 2. The van der Waals surface area contributed by atoms with Crippen molar-refractivity contribution in [2.45, 2.75) is 37.7 Å². The molecule has 2 aromatic carbocycles. The first-order chi connectivity index (χ1) is 18.1. The van der Waals surface area contributed by atoms with Gasteiger partial charge in [-0.05, 0) is 31.2 Å². The van der Waals surface area contributed by atoms with E-state index in [1.54, 1.807) is 6.92 Å². The third kappa shape index (κ3) is 4.88. The molecule has 0 radical (unpaired) electrons. The molecule has 4 aromatic rings. The van der Waals surface area contributed by atoms with Gasteiger partial charge in [0.15, 0.2) is 5.82 Å². The van der Waals surface area contributed by atoms with Gasteiger partial charge in [0.2, 0.25) is 0 Å². The van der Waals surface area contributed by atoms with Gasteiger partial charge < -0.3 is 14.9 Å². The van der Waals surface area contributed by atoms with Crippen LogP contribution in [0.3, 0.4) is 0 Å². The molecule has 4 atom stereocenters. The maximum absolute atomic E-state index is 14.0. The van der Waals surface area contributed by atoms with Gasteiger partial charge in [0.05, 0.1) is 34.6 Å². The van der Waals surface area contributed by atoms with Gasteiger partial charge in [0.1, 0.15) is 52.3 Å². The Morgan fingerprint density at radius 1 is 1.05 bits per heavy atom. The summed E-state index contributed by atoms with van der Waals surface area (Å²) in [5.41, 5.74) is 0.461. The first-order valence-electron chi connectivity index (χ1n) is 11.2. The Bertz CT molecular complexity index is 1490. The van der Waals surface area contributed by atoms with E-state index >= 15 is 0 Å². The van der Waals surface area contributed by atoms with E-state index < -0.39 is 53.4 Å². The fraction of sp³-hybridized carbons (Fsp3) is 0.304. The number of aryl methyl sites for hydroxylation is 1. The van der Waals surface area contributed by atoms with E-state index in [0.717, 1.165) is 18.2 Å². The Hall–Kier alpha value is -2.74. The van der Waals surface area contributed by atoms with Crippen LogP contribution in [0.15, 0.2) is 30.5 Å². The maximum Gasteiger partial charge on any atom is 0.161 e. The molecule has 200 valence electrons. The SMILES string of the molecule is Cc1nc(C2CC(n3cc(-c4cc(F)c(Cl)c(F)c4)nn3)C(O)C(CO)O2)n(-c2cc(Cl)c(F)cc2Cl)n1. The van der Waals surface area contributed by atoms with Gasteiger partial charge in [0, 0.05) is 12.0 Å². The van der Waals surface area contributed by atoms with Crippen LogP contribution in [0.1, 0.15) is 30.2 Å². The van der Waals surface area contributed by atoms with Gasteiger partial charge in [0.25, 0.3) is 0 Å². The normalized spacial score (nSPS) is 21.7. The van der Waals surface area contributed by atoms with Crippen molar-refractivity contribution in [3.8, 4) is 16.9 Å². The molecular weight excluding hydrogens is 572 g/mol. The quantitative estimate of drug-likeness (QED) is 0.258. The second kappa shape index (κ2) is 10.4. The summed E-state index contributed by atoms with van der Waals surface area (Å²) in [5, 5.41) is 32.4. The molecule has 2 aromatic heterocycles. The van der Waals surface area contributed by atoms with Crippen molar-refractivity contribution in [1.82, 2.24) is 29.8 Å². The third-order valence-corrected chi connectivity index (χ3v) is 7.08. The zero-order valence-electron chi connectivity index (χ0n) is 19.4. The van der Waals surface area contributed by atoms with Gasteiger partial charge in [-0.3, -0.25) is 0 Å². The van der Waals surface area contributed by atoms with E-state index in [4.69, 9.17) is 39.5 Å². The number of aromatic nitrogens is 6. The first-order valence-corrected chi connectivity index (χ1v) is 12.3. The van der Waals surface area contributed by atoms with Crippen molar-refractivity contribution in [1.29, 1.82) is 0 Å². The summed E-state index contributed by atoms with van der Waals surface area (Å²) in [4.78, 5) is 4.43. The number of ether oxygens (including phenoxy) is 1. The van der Waals surface area contributed by atoms with E-state index in [1.807, 2.05) is 0 Å². The molecule has 0 saturated carbocycles. The van der Waals surface area contributed by atoms with Crippen LogP contribution in [-0.4, -0.2) is 58.8 Å². The van der Waals surface area contributed by atoms with Gasteiger partial charge in [-0.1, -0.05) is 40.0 Å². The molecule has 2 N–H and O–H groups in total. The zero-order chi connectivity index (χ0) is 27.3. The monoisotopic (exact) mass is 588 g/mol. The van der Waals surface area contributed by atoms with Crippen LogP contribution in [0.5, 0.6) is 0 Å². The topological polar surface area (TPSA) is 111 Å². The van der Waals surface area contributed by atoms with Gasteiger partial charge >= 0.3 is 0 Å². The Kier molecular flexibility index (Phi) is 7.37. The average Bonchev–Trinajstić information content (AvgIpc) is 3.52. The minimum absolute atomic E-state index is 0.0208. The molecule has 1 aliphatic heterocycles. The minimum atomic E-state index is -1.23. The molecule has 0 bridgehead atoms. The lowest BCUT2D eigenvalue weighted by atomic mass is 9.95. The summed E-state index contributed by atoms with van der Waals surface area (Å²) in [6.07, 6.45) is -1.66. The molecule has 0 amide bonds. The van der Waals surface area contributed by atoms with E-state index in [9.17, 15) is 23.4 Å². The smallest absolute Gasteiger partial charge is 0.161 e. The molecule has 0 aliphatic carbocycles. The molecule has 15 heteroatoms. The summed E-state index contributed by atoms with van der Waals surface area (Å²) in [6.45, 7) is 1.09. The number of aliphatic hydroxyl groups excluding tert-OH is 2. The number of nitrogens with zero attached hydrogens (tertiary/aromatic N) is 6. The molecule has 9 nitrogen and oxygen atoms in total. The fourth-order valence-electron chi connectivity index (χ4n) is 4.30. The predicted molar refractivity (Wildman–Crippen MR) is 131 cm³/mol. The lowest BCUT2D eigenvalue weighted by Crippen LogP contribution is -2.45. The van der Waals surface area contributed by atoms with E-state index in [1.165, 1.54) is 21.6 Å². The number of aliphatic hydroxyl groups is 2. The fourth-order valence-corrected chi connectivity index (χ4v) is 4.80.